The van der Waals surface area contributed by atoms with Gasteiger partial charge in [0, 0.05) is 18.2 Å². The molecular formula is C30H31IN2O4. The lowest BCUT2D eigenvalue weighted by Gasteiger charge is -2.25. The smallest absolute Gasteiger partial charge is 0.274 e. The lowest BCUT2D eigenvalue weighted by Crippen LogP contribution is -2.23. The minimum Gasteiger partial charge on any atom is -0.488 e. The first-order valence-corrected chi connectivity index (χ1v) is 13.3. The predicted octanol–water partition coefficient (Wildman–Crippen LogP) is 7.15. The number of hydrogen-bond acceptors (Lipinski definition) is 5. The fraction of sp³-hybridized carbons (Fsp3) is 0.267. The van der Waals surface area contributed by atoms with Crippen LogP contribution in [0.4, 0.5) is 0 Å². The number of nitrogens with zero attached hydrogens (tertiary/aromatic N) is 1. The Morgan fingerprint density at radius 2 is 1.49 bits per heavy atom. The Bertz CT molecular complexity index is 1350. The first-order valence-electron chi connectivity index (χ1n) is 12.2. The number of halogens is 1. The van der Waals surface area contributed by atoms with Crippen LogP contribution < -0.4 is 14.8 Å². The van der Waals surface area contributed by atoms with Gasteiger partial charge in [-0.05, 0) is 52.1 Å². The van der Waals surface area contributed by atoms with Crippen LogP contribution in [-0.4, -0.2) is 17.6 Å². The van der Waals surface area contributed by atoms with E-state index >= 15 is 0 Å². The Kier molecular flexibility index (Phi) is 8.53. The first-order chi connectivity index (χ1) is 17.8. The molecule has 0 saturated heterocycles. The minimum absolute atomic E-state index is 0.230. The van der Waals surface area contributed by atoms with Gasteiger partial charge in [-0.2, -0.15) is 0 Å². The molecule has 1 heterocycles. The molecule has 1 N–H and O–H groups in total. The second-order valence-corrected chi connectivity index (χ2v) is 10.8. The van der Waals surface area contributed by atoms with Crippen molar-refractivity contribution in [1.82, 2.24) is 10.5 Å². The largest absolute Gasteiger partial charge is 0.488 e. The van der Waals surface area contributed by atoms with Gasteiger partial charge in [0.15, 0.2) is 11.5 Å². The van der Waals surface area contributed by atoms with Crippen LogP contribution in [0.15, 0.2) is 77.3 Å². The summed E-state index contributed by atoms with van der Waals surface area (Å²) < 4.78 is 19.1. The van der Waals surface area contributed by atoms with Crippen LogP contribution in [0.1, 0.15) is 54.9 Å². The number of benzene rings is 3. The molecule has 0 bridgehead atoms. The maximum atomic E-state index is 12.5. The number of aromatic nitrogens is 1. The fourth-order valence-electron chi connectivity index (χ4n) is 3.87. The Morgan fingerprint density at radius 1 is 0.919 bits per heavy atom. The molecule has 0 radical (unpaired) electrons. The summed E-state index contributed by atoms with van der Waals surface area (Å²) in [5.41, 5.74) is 3.86. The van der Waals surface area contributed by atoms with Crippen molar-refractivity contribution in [2.75, 3.05) is 6.54 Å². The van der Waals surface area contributed by atoms with Crippen molar-refractivity contribution >= 4 is 28.5 Å². The third-order valence-corrected chi connectivity index (χ3v) is 6.80. The van der Waals surface area contributed by atoms with Crippen LogP contribution in [-0.2, 0) is 18.6 Å². The van der Waals surface area contributed by atoms with Gasteiger partial charge in [-0.25, -0.2) is 0 Å². The van der Waals surface area contributed by atoms with Gasteiger partial charge in [0.05, 0.1) is 9.13 Å². The van der Waals surface area contributed by atoms with Crippen LogP contribution in [0, 0.1) is 3.57 Å². The average molecular weight is 610 g/mol. The van der Waals surface area contributed by atoms with E-state index in [0.717, 1.165) is 28.0 Å². The highest BCUT2D eigenvalue weighted by atomic mass is 127. The molecule has 37 heavy (non-hydrogen) atoms. The zero-order valence-electron chi connectivity index (χ0n) is 21.5. The highest BCUT2D eigenvalue weighted by molar-refractivity contribution is 14.1. The molecule has 0 spiro atoms. The number of hydrogen-bond donors (Lipinski definition) is 1. The van der Waals surface area contributed by atoms with E-state index in [1.54, 1.807) is 0 Å². The summed E-state index contributed by atoms with van der Waals surface area (Å²) in [5.74, 6) is 1.55. The van der Waals surface area contributed by atoms with Crippen LogP contribution in [0.3, 0.4) is 0 Å². The quantitative estimate of drug-likeness (QED) is 0.204. The minimum atomic E-state index is -0.271. The van der Waals surface area contributed by atoms with E-state index in [1.165, 1.54) is 0 Å². The number of amides is 1. The topological polar surface area (TPSA) is 73.6 Å². The standard InChI is InChI=1S/C30H31IN2O4/c1-5-32-29(34)27-26(31)28(37-33-27)22-16-23(30(2,3)4)25(36-19-21-14-10-7-11-15-21)17-24(22)35-18-20-12-8-6-9-13-20/h6-17H,5,18-19H2,1-4H3,(H,32,34). The first kappa shape index (κ1) is 26.7. The van der Waals surface area contributed by atoms with E-state index < -0.39 is 0 Å². The molecule has 0 fully saturated rings. The number of carbonyl (C=O) groups is 1. The van der Waals surface area contributed by atoms with Crippen molar-refractivity contribution in [1.29, 1.82) is 0 Å². The summed E-state index contributed by atoms with van der Waals surface area (Å²) >= 11 is 2.11. The van der Waals surface area contributed by atoms with E-state index in [2.05, 4.69) is 53.8 Å². The highest BCUT2D eigenvalue weighted by Gasteiger charge is 2.28. The van der Waals surface area contributed by atoms with E-state index in [1.807, 2.05) is 79.7 Å². The van der Waals surface area contributed by atoms with Gasteiger partial charge >= 0.3 is 0 Å². The number of nitrogens with one attached hydrogen (secondary N) is 1. The van der Waals surface area contributed by atoms with Crippen molar-refractivity contribution < 1.29 is 18.8 Å². The molecule has 0 aliphatic rings. The normalized spacial score (nSPS) is 11.3. The molecule has 4 rings (SSSR count). The van der Waals surface area contributed by atoms with Crippen molar-refractivity contribution in [2.45, 2.75) is 46.3 Å². The molecule has 1 aromatic heterocycles. The molecule has 0 unspecified atom stereocenters. The van der Waals surface area contributed by atoms with Gasteiger partial charge in [0.25, 0.3) is 5.91 Å². The summed E-state index contributed by atoms with van der Waals surface area (Å²) in [4.78, 5) is 12.5. The van der Waals surface area contributed by atoms with E-state index in [-0.39, 0.29) is 17.0 Å². The number of rotatable bonds is 9. The van der Waals surface area contributed by atoms with Crippen molar-refractivity contribution in [3.63, 3.8) is 0 Å². The average Bonchev–Trinajstić information content (AvgIpc) is 3.27. The van der Waals surface area contributed by atoms with E-state index in [9.17, 15) is 4.79 Å². The van der Waals surface area contributed by atoms with Gasteiger partial charge in [-0.1, -0.05) is 86.6 Å². The monoisotopic (exact) mass is 610 g/mol. The number of carbonyl (C=O) groups excluding carboxylic acids is 1. The molecule has 7 heteroatoms. The van der Waals surface area contributed by atoms with Gasteiger partial charge < -0.3 is 19.3 Å². The van der Waals surface area contributed by atoms with Crippen molar-refractivity contribution in [3.8, 4) is 22.8 Å². The zero-order chi connectivity index (χ0) is 26.4. The number of ether oxygens (including phenoxy) is 2. The molecule has 192 valence electrons. The summed E-state index contributed by atoms with van der Waals surface area (Å²) in [7, 11) is 0. The molecule has 0 atom stereocenters. The second kappa shape index (κ2) is 11.8. The lowest BCUT2D eigenvalue weighted by molar-refractivity contribution is 0.0946. The Balaban J connectivity index is 1.79. The SMILES string of the molecule is CCNC(=O)c1noc(-c2cc(C(C)(C)C)c(OCc3ccccc3)cc2OCc2ccccc2)c1I. The summed E-state index contributed by atoms with van der Waals surface area (Å²) in [6, 6.07) is 24.0. The molecule has 1 amide bonds. The van der Waals surface area contributed by atoms with E-state index in [0.29, 0.717) is 34.8 Å². The molecular weight excluding hydrogens is 579 g/mol. The molecule has 6 nitrogen and oxygen atoms in total. The molecule has 0 aliphatic heterocycles. The summed E-state index contributed by atoms with van der Waals surface area (Å²) in [6.45, 7) is 9.58. The zero-order valence-corrected chi connectivity index (χ0v) is 23.7. The second-order valence-electron chi connectivity index (χ2n) is 9.68. The van der Waals surface area contributed by atoms with Crippen LogP contribution in [0.2, 0.25) is 0 Å². The lowest BCUT2D eigenvalue weighted by atomic mass is 9.84. The van der Waals surface area contributed by atoms with Gasteiger partial charge in [-0.15, -0.1) is 0 Å². The third kappa shape index (κ3) is 6.52. The highest BCUT2D eigenvalue weighted by Crippen LogP contribution is 2.43. The van der Waals surface area contributed by atoms with Crippen LogP contribution in [0.25, 0.3) is 11.3 Å². The van der Waals surface area contributed by atoms with E-state index in [4.69, 9.17) is 14.0 Å². The Labute approximate surface area is 231 Å². The Morgan fingerprint density at radius 3 is 2.03 bits per heavy atom. The van der Waals surface area contributed by atoms with Crippen molar-refractivity contribution in [3.05, 3.63) is 98.8 Å². The van der Waals surface area contributed by atoms with Gasteiger partial charge in [-0.3, -0.25) is 4.79 Å². The molecule has 4 aromatic rings. The molecule has 3 aromatic carbocycles. The predicted molar refractivity (Wildman–Crippen MR) is 153 cm³/mol. The molecule has 0 aliphatic carbocycles. The maximum Gasteiger partial charge on any atom is 0.274 e. The van der Waals surface area contributed by atoms with Crippen molar-refractivity contribution in [2.24, 2.45) is 0 Å². The fourth-order valence-corrected chi connectivity index (χ4v) is 4.60. The van der Waals surface area contributed by atoms with Gasteiger partial charge in [0.1, 0.15) is 24.7 Å². The van der Waals surface area contributed by atoms with Crippen LogP contribution in [0.5, 0.6) is 11.5 Å². The third-order valence-electron chi connectivity index (χ3n) is 5.80. The van der Waals surface area contributed by atoms with Crippen LogP contribution >= 0.6 is 22.6 Å². The maximum absolute atomic E-state index is 12.5. The summed E-state index contributed by atoms with van der Waals surface area (Å²) in [6.07, 6.45) is 0. The van der Waals surface area contributed by atoms with Gasteiger partial charge in [0.2, 0.25) is 0 Å². The summed E-state index contributed by atoms with van der Waals surface area (Å²) in [5, 5.41) is 6.87. The molecule has 0 saturated carbocycles. The Hall–Kier alpha value is -3.33.